The summed E-state index contributed by atoms with van der Waals surface area (Å²) in [6.45, 7) is 5.36. The van der Waals surface area contributed by atoms with Gasteiger partial charge in [0.05, 0.1) is 0 Å². The van der Waals surface area contributed by atoms with Crippen molar-refractivity contribution in [2.24, 2.45) is 0 Å². The van der Waals surface area contributed by atoms with Crippen LogP contribution in [0.4, 0.5) is 0 Å². The highest BCUT2D eigenvalue weighted by atomic mass is 35.5. The van der Waals surface area contributed by atoms with Crippen molar-refractivity contribution in [2.75, 3.05) is 12.3 Å². The molecule has 0 fully saturated rings. The zero-order valence-electron chi connectivity index (χ0n) is 12.6. The molecule has 0 aliphatic carbocycles. The van der Waals surface area contributed by atoms with Gasteiger partial charge < -0.3 is 5.32 Å². The predicted molar refractivity (Wildman–Crippen MR) is 94.4 cm³/mol. The minimum Gasteiger partial charge on any atom is -0.309 e. The Labute approximate surface area is 137 Å². The van der Waals surface area contributed by atoms with Crippen LogP contribution in [0.25, 0.3) is 0 Å². The summed E-state index contributed by atoms with van der Waals surface area (Å²) in [5.74, 6) is 1.02. The average Bonchev–Trinajstić information content (AvgIpc) is 2.49. The lowest BCUT2D eigenvalue weighted by Gasteiger charge is -2.19. The lowest BCUT2D eigenvalue weighted by atomic mass is 10.1. The van der Waals surface area contributed by atoms with Crippen molar-refractivity contribution in [3.05, 3.63) is 64.7 Å². The zero-order chi connectivity index (χ0) is 15.1. The van der Waals surface area contributed by atoms with E-state index in [0.717, 1.165) is 23.7 Å². The number of thioether (sulfide) groups is 1. The fourth-order valence-corrected chi connectivity index (χ4v) is 3.41. The molecule has 1 atom stereocenters. The van der Waals surface area contributed by atoms with Gasteiger partial charge in [0.1, 0.15) is 0 Å². The molecule has 0 saturated carbocycles. The molecule has 0 spiro atoms. The number of hydrogen-bond acceptors (Lipinski definition) is 2. The fourth-order valence-electron chi connectivity index (χ4n) is 2.17. The molecular formula is C18H22ClNS. The van der Waals surface area contributed by atoms with Crippen LogP contribution in [-0.4, -0.2) is 12.3 Å². The van der Waals surface area contributed by atoms with Crippen LogP contribution < -0.4 is 5.32 Å². The van der Waals surface area contributed by atoms with Crippen LogP contribution in [0.3, 0.4) is 0 Å². The van der Waals surface area contributed by atoms with Gasteiger partial charge in [-0.15, -0.1) is 11.8 Å². The molecule has 0 aliphatic heterocycles. The van der Waals surface area contributed by atoms with Crippen molar-refractivity contribution in [3.8, 4) is 0 Å². The Bertz CT molecular complexity index is 553. The number of hydrogen-bond donors (Lipinski definition) is 1. The molecule has 0 aromatic heterocycles. The number of benzene rings is 2. The normalized spacial score (nSPS) is 12.3. The van der Waals surface area contributed by atoms with Crippen LogP contribution >= 0.6 is 23.4 Å². The third-order valence-electron chi connectivity index (χ3n) is 3.32. The van der Waals surface area contributed by atoms with Gasteiger partial charge in [0.15, 0.2) is 0 Å². The third-order valence-corrected chi connectivity index (χ3v) is 4.66. The van der Waals surface area contributed by atoms with E-state index < -0.39 is 0 Å². The second-order valence-corrected chi connectivity index (χ2v) is 6.72. The SMILES string of the molecule is CCCNC(CSc1cccc(C)c1)c1ccc(Cl)cc1. The zero-order valence-corrected chi connectivity index (χ0v) is 14.2. The van der Waals surface area contributed by atoms with Crippen LogP contribution in [0.1, 0.15) is 30.5 Å². The summed E-state index contributed by atoms with van der Waals surface area (Å²) >= 11 is 7.88. The Hall–Kier alpha value is -0.960. The first-order valence-corrected chi connectivity index (χ1v) is 8.73. The minimum atomic E-state index is 0.354. The van der Waals surface area contributed by atoms with Gasteiger partial charge in [-0.3, -0.25) is 0 Å². The van der Waals surface area contributed by atoms with Crippen molar-refractivity contribution < 1.29 is 0 Å². The van der Waals surface area contributed by atoms with Crippen LogP contribution in [0.5, 0.6) is 0 Å². The molecule has 0 saturated heterocycles. The molecule has 0 amide bonds. The topological polar surface area (TPSA) is 12.0 Å². The van der Waals surface area contributed by atoms with Gasteiger partial charge in [-0.2, -0.15) is 0 Å². The molecule has 2 rings (SSSR count). The monoisotopic (exact) mass is 319 g/mol. The summed E-state index contributed by atoms with van der Waals surface area (Å²) in [6, 6.07) is 17.2. The van der Waals surface area contributed by atoms with Gasteiger partial charge in [-0.1, -0.05) is 48.4 Å². The summed E-state index contributed by atoms with van der Waals surface area (Å²) in [5.41, 5.74) is 2.61. The molecule has 2 aromatic rings. The molecule has 1 nitrogen and oxygen atoms in total. The summed E-state index contributed by atoms with van der Waals surface area (Å²) in [5, 5.41) is 4.42. The highest BCUT2D eigenvalue weighted by Crippen LogP contribution is 2.26. The fraction of sp³-hybridized carbons (Fsp3) is 0.333. The summed E-state index contributed by atoms with van der Waals surface area (Å²) in [6.07, 6.45) is 1.14. The number of aryl methyl sites for hydroxylation is 1. The van der Waals surface area contributed by atoms with Crippen LogP contribution in [-0.2, 0) is 0 Å². The summed E-state index contributed by atoms with van der Waals surface area (Å²) in [4.78, 5) is 1.33. The molecule has 3 heteroatoms. The van der Waals surface area contributed by atoms with Crippen LogP contribution in [0.15, 0.2) is 53.4 Å². The van der Waals surface area contributed by atoms with Crippen molar-refractivity contribution in [1.82, 2.24) is 5.32 Å². The molecule has 21 heavy (non-hydrogen) atoms. The Balaban J connectivity index is 2.04. The third kappa shape index (κ3) is 5.39. The predicted octanol–water partition coefficient (Wildman–Crippen LogP) is 5.48. The molecule has 1 unspecified atom stereocenters. The number of nitrogens with one attached hydrogen (secondary N) is 1. The Morgan fingerprint density at radius 3 is 2.57 bits per heavy atom. The van der Waals surface area contributed by atoms with E-state index in [0.29, 0.717) is 6.04 Å². The lowest BCUT2D eigenvalue weighted by Crippen LogP contribution is -2.24. The standard InChI is InChI=1S/C18H22ClNS/c1-3-11-20-18(15-7-9-16(19)10-8-15)13-21-17-6-4-5-14(2)12-17/h4-10,12,18,20H,3,11,13H2,1-2H3. The van der Waals surface area contributed by atoms with E-state index in [1.807, 2.05) is 23.9 Å². The molecule has 112 valence electrons. The van der Waals surface area contributed by atoms with Gasteiger partial charge in [-0.25, -0.2) is 0 Å². The van der Waals surface area contributed by atoms with Gasteiger partial charge >= 0.3 is 0 Å². The van der Waals surface area contributed by atoms with Gasteiger partial charge in [-0.05, 0) is 49.7 Å². The van der Waals surface area contributed by atoms with E-state index in [-0.39, 0.29) is 0 Å². The van der Waals surface area contributed by atoms with Crippen molar-refractivity contribution in [3.63, 3.8) is 0 Å². The van der Waals surface area contributed by atoms with E-state index in [1.54, 1.807) is 0 Å². The van der Waals surface area contributed by atoms with E-state index >= 15 is 0 Å². The molecule has 0 aliphatic rings. The van der Waals surface area contributed by atoms with E-state index in [9.17, 15) is 0 Å². The number of rotatable bonds is 7. The second-order valence-electron chi connectivity index (χ2n) is 5.19. The molecule has 0 bridgehead atoms. The van der Waals surface area contributed by atoms with Crippen molar-refractivity contribution in [1.29, 1.82) is 0 Å². The van der Waals surface area contributed by atoms with E-state index in [1.165, 1.54) is 16.0 Å². The smallest absolute Gasteiger partial charge is 0.0415 e. The van der Waals surface area contributed by atoms with Crippen molar-refractivity contribution in [2.45, 2.75) is 31.2 Å². The first-order valence-electron chi connectivity index (χ1n) is 7.37. The van der Waals surface area contributed by atoms with Gasteiger partial charge in [0.2, 0.25) is 0 Å². The molecule has 2 aromatic carbocycles. The van der Waals surface area contributed by atoms with Crippen molar-refractivity contribution >= 4 is 23.4 Å². The van der Waals surface area contributed by atoms with Gasteiger partial charge in [0, 0.05) is 21.7 Å². The average molecular weight is 320 g/mol. The Morgan fingerprint density at radius 2 is 1.90 bits per heavy atom. The van der Waals surface area contributed by atoms with Gasteiger partial charge in [0.25, 0.3) is 0 Å². The molecule has 1 N–H and O–H groups in total. The summed E-state index contributed by atoms with van der Waals surface area (Å²) < 4.78 is 0. The highest BCUT2D eigenvalue weighted by Gasteiger charge is 2.11. The lowest BCUT2D eigenvalue weighted by molar-refractivity contribution is 0.577. The Morgan fingerprint density at radius 1 is 1.14 bits per heavy atom. The van der Waals surface area contributed by atoms with E-state index in [4.69, 9.17) is 11.6 Å². The van der Waals surface area contributed by atoms with Crippen LogP contribution in [0, 0.1) is 6.92 Å². The first-order chi connectivity index (χ1) is 10.2. The molecule has 0 heterocycles. The Kier molecular flexibility index (Phi) is 6.62. The molecular weight excluding hydrogens is 298 g/mol. The summed E-state index contributed by atoms with van der Waals surface area (Å²) in [7, 11) is 0. The maximum Gasteiger partial charge on any atom is 0.0415 e. The highest BCUT2D eigenvalue weighted by molar-refractivity contribution is 7.99. The maximum atomic E-state index is 5.99. The van der Waals surface area contributed by atoms with E-state index in [2.05, 4.69) is 55.6 Å². The first kappa shape index (κ1) is 16.4. The second kappa shape index (κ2) is 8.47. The quantitative estimate of drug-likeness (QED) is 0.678. The largest absolute Gasteiger partial charge is 0.309 e. The maximum absolute atomic E-state index is 5.99. The molecule has 0 radical (unpaired) electrons. The number of halogens is 1. The van der Waals surface area contributed by atoms with Crippen LogP contribution in [0.2, 0.25) is 5.02 Å². The minimum absolute atomic E-state index is 0.354.